The van der Waals surface area contributed by atoms with Crippen LogP contribution in [-0.2, 0) is 0 Å². The Morgan fingerprint density at radius 1 is 1.04 bits per heavy atom. The highest BCUT2D eigenvalue weighted by molar-refractivity contribution is 6.20. The van der Waals surface area contributed by atoms with Crippen molar-refractivity contribution < 1.29 is 4.79 Å². The average Bonchev–Trinajstić information content (AvgIpc) is 2.66. The summed E-state index contributed by atoms with van der Waals surface area (Å²) in [6.45, 7) is 0. The monoisotopic (exact) mass is 355 g/mol. The van der Waals surface area contributed by atoms with Crippen LogP contribution in [0.1, 0.15) is 53.4 Å². The van der Waals surface area contributed by atoms with E-state index in [2.05, 4.69) is 24.1 Å². The van der Waals surface area contributed by atoms with E-state index < -0.39 is 0 Å². The summed E-state index contributed by atoms with van der Waals surface area (Å²) in [5.74, 6) is 0.239. The zero-order valence-corrected chi connectivity index (χ0v) is 15.5. The van der Waals surface area contributed by atoms with Crippen LogP contribution in [0.25, 0.3) is 0 Å². The van der Waals surface area contributed by atoms with Crippen LogP contribution in [0.5, 0.6) is 0 Å². The second-order valence-corrected chi connectivity index (χ2v) is 7.54. The van der Waals surface area contributed by atoms with Crippen LogP contribution in [0, 0.1) is 0 Å². The first-order valence-electron chi connectivity index (χ1n) is 9.14. The third-order valence-electron chi connectivity index (χ3n) is 5.38. The molecule has 2 nitrogen and oxygen atoms in total. The average molecular weight is 356 g/mol. The van der Waals surface area contributed by atoms with Crippen molar-refractivity contribution in [3.8, 4) is 0 Å². The van der Waals surface area contributed by atoms with Crippen molar-refractivity contribution in [3.63, 3.8) is 0 Å². The topological polar surface area (TPSA) is 20.3 Å². The van der Waals surface area contributed by atoms with Crippen molar-refractivity contribution >= 4 is 17.4 Å². The number of nitrogens with zero attached hydrogens (tertiary/aromatic N) is 1. The van der Waals surface area contributed by atoms with Gasteiger partial charge in [-0.2, -0.15) is 0 Å². The van der Waals surface area contributed by atoms with Gasteiger partial charge in [0, 0.05) is 24.1 Å². The van der Waals surface area contributed by atoms with Gasteiger partial charge in [0.15, 0.2) is 5.78 Å². The van der Waals surface area contributed by atoms with Gasteiger partial charge in [0.05, 0.1) is 5.38 Å². The maximum atomic E-state index is 12.6. The van der Waals surface area contributed by atoms with Gasteiger partial charge in [0.25, 0.3) is 0 Å². The molecule has 0 radical (unpaired) electrons. The lowest BCUT2D eigenvalue weighted by Crippen LogP contribution is -2.45. The van der Waals surface area contributed by atoms with Crippen LogP contribution in [-0.4, -0.2) is 29.8 Å². The number of benzene rings is 2. The fourth-order valence-corrected chi connectivity index (χ4v) is 4.17. The van der Waals surface area contributed by atoms with E-state index in [0.717, 1.165) is 24.8 Å². The molecule has 0 aliphatic carbocycles. The third kappa shape index (κ3) is 4.71. The minimum Gasteiger partial charge on any atom is -0.300 e. The third-order valence-corrected chi connectivity index (χ3v) is 5.81. The largest absolute Gasteiger partial charge is 0.300 e. The lowest BCUT2D eigenvalue weighted by Gasteiger charge is -2.40. The van der Waals surface area contributed by atoms with E-state index in [1.807, 2.05) is 48.5 Å². The zero-order chi connectivity index (χ0) is 17.6. The molecule has 0 bridgehead atoms. The Bertz CT molecular complexity index is 673. The second kappa shape index (κ2) is 8.64. The molecule has 3 rings (SSSR count). The summed E-state index contributed by atoms with van der Waals surface area (Å²) in [7, 11) is 2.15. The highest BCUT2D eigenvalue weighted by Crippen LogP contribution is 2.33. The van der Waals surface area contributed by atoms with Crippen LogP contribution in [0.15, 0.2) is 60.7 Å². The fraction of sp³-hybridized carbons (Fsp3) is 0.409. The molecule has 3 heteroatoms. The predicted molar refractivity (Wildman–Crippen MR) is 104 cm³/mol. The molecule has 25 heavy (non-hydrogen) atoms. The van der Waals surface area contributed by atoms with E-state index in [4.69, 9.17) is 11.6 Å². The van der Waals surface area contributed by atoms with Crippen molar-refractivity contribution in [2.45, 2.75) is 49.6 Å². The minimum absolute atomic E-state index is 0.0252. The molecule has 0 N–H and O–H groups in total. The Labute approximate surface area is 155 Å². The van der Waals surface area contributed by atoms with E-state index in [0.29, 0.717) is 18.5 Å². The van der Waals surface area contributed by atoms with Crippen molar-refractivity contribution in [2.24, 2.45) is 0 Å². The maximum absolute atomic E-state index is 12.6. The van der Waals surface area contributed by atoms with E-state index in [-0.39, 0.29) is 11.2 Å². The number of hydrogen-bond donors (Lipinski definition) is 0. The second-order valence-electron chi connectivity index (χ2n) is 7.01. The molecule has 1 saturated heterocycles. The van der Waals surface area contributed by atoms with E-state index in [1.165, 1.54) is 12.0 Å². The van der Waals surface area contributed by atoms with E-state index in [9.17, 15) is 4.79 Å². The Hall–Kier alpha value is -1.64. The smallest absolute Gasteiger partial charge is 0.164 e. The molecule has 132 valence electrons. The zero-order valence-electron chi connectivity index (χ0n) is 14.8. The predicted octanol–water partition coefficient (Wildman–Crippen LogP) is 5.48. The summed E-state index contributed by atoms with van der Waals surface area (Å²) < 4.78 is 0. The number of alkyl halides is 1. The van der Waals surface area contributed by atoms with Crippen molar-refractivity contribution in [1.29, 1.82) is 0 Å². The molecule has 0 saturated carbocycles. The number of carbonyl (C=O) groups excluding carboxylic acids is 1. The number of rotatable bonds is 6. The molecule has 2 aromatic carbocycles. The van der Waals surface area contributed by atoms with Crippen molar-refractivity contribution in [1.82, 2.24) is 4.90 Å². The number of carbonyl (C=O) groups is 1. The SMILES string of the molecule is CN1[C@@H](CC(=O)c2ccccc2)CCC[C@H]1CC(Cl)c1ccccc1. The molecule has 2 aromatic rings. The van der Waals surface area contributed by atoms with Crippen LogP contribution < -0.4 is 0 Å². The molecule has 1 aliphatic rings. The van der Waals surface area contributed by atoms with E-state index >= 15 is 0 Å². The molecule has 0 amide bonds. The number of hydrogen-bond acceptors (Lipinski definition) is 2. The van der Waals surface area contributed by atoms with Gasteiger partial charge in [-0.1, -0.05) is 67.1 Å². The van der Waals surface area contributed by atoms with Gasteiger partial charge in [-0.25, -0.2) is 0 Å². The molecule has 1 fully saturated rings. The molecule has 0 spiro atoms. The minimum atomic E-state index is 0.0252. The number of piperidine rings is 1. The number of halogens is 1. The first kappa shape index (κ1) is 18.2. The summed E-state index contributed by atoms with van der Waals surface area (Å²) in [6.07, 6.45) is 4.93. The normalized spacial score (nSPS) is 22.5. The van der Waals surface area contributed by atoms with Gasteiger partial charge < -0.3 is 0 Å². The molecule has 1 unspecified atom stereocenters. The van der Waals surface area contributed by atoms with Gasteiger partial charge in [-0.3, -0.25) is 9.69 Å². The maximum Gasteiger partial charge on any atom is 0.164 e. The Balaban J connectivity index is 1.61. The Morgan fingerprint density at radius 3 is 2.32 bits per heavy atom. The standard InChI is InChI=1S/C22H26ClNO/c1-24-19(15-21(23)17-9-4-2-5-10-17)13-8-14-20(24)16-22(25)18-11-6-3-7-12-18/h2-7,9-12,19-21H,8,13-16H2,1H3/t19-,20+,21?/m0/s1. The molecule has 0 aromatic heterocycles. The van der Waals surface area contributed by atoms with Crippen LogP contribution in [0.4, 0.5) is 0 Å². The summed E-state index contributed by atoms with van der Waals surface area (Å²) >= 11 is 6.66. The molecular formula is C22H26ClNO. The summed E-state index contributed by atoms with van der Waals surface area (Å²) in [4.78, 5) is 14.9. The number of Topliss-reactive ketones (excluding diaryl/α,β-unsaturated/α-hetero) is 1. The fourth-order valence-electron chi connectivity index (χ4n) is 3.82. The van der Waals surface area contributed by atoms with Crippen LogP contribution >= 0.6 is 11.6 Å². The van der Waals surface area contributed by atoms with Crippen molar-refractivity contribution in [2.75, 3.05) is 7.05 Å². The molecule has 3 atom stereocenters. The lowest BCUT2D eigenvalue weighted by molar-refractivity contribution is 0.0783. The van der Waals surface area contributed by atoms with Gasteiger partial charge in [0.1, 0.15) is 0 Å². The lowest BCUT2D eigenvalue weighted by atomic mass is 9.89. The molecular weight excluding hydrogens is 330 g/mol. The van der Waals surface area contributed by atoms with Gasteiger partial charge in [-0.05, 0) is 31.9 Å². The molecule has 1 heterocycles. The summed E-state index contributed by atoms with van der Waals surface area (Å²) in [5.41, 5.74) is 2.00. The number of ketones is 1. The van der Waals surface area contributed by atoms with Gasteiger partial charge >= 0.3 is 0 Å². The highest BCUT2D eigenvalue weighted by Gasteiger charge is 2.30. The Morgan fingerprint density at radius 2 is 1.64 bits per heavy atom. The summed E-state index contributed by atoms with van der Waals surface area (Å²) in [6, 6.07) is 20.7. The summed E-state index contributed by atoms with van der Waals surface area (Å²) in [5, 5.41) is 0.0252. The van der Waals surface area contributed by atoms with Crippen LogP contribution in [0.2, 0.25) is 0 Å². The Kier molecular flexibility index (Phi) is 6.28. The van der Waals surface area contributed by atoms with Gasteiger partial charge in [0.2, 0.25) is 0 Å². The highest BCUT2D eigenvalue weighted by atomic mass is 35.5. The number of likely N-dealkylation sites (tertiary alicyclic amines) is 1. The van der Waals surface area contributed by atoms with Crippen molar-refractivity contribution in [3.05, 3.63) is 71.8 Å². The van der Waals surface area contributed by atoms with E-state index in [1.54, 1.807) is 0 Å². The van der Waals surface area contributed by atoms with Crippen LogP contribution in [0.3, 0.4) is 0 Å². The molecule has 1 aliphatic heterocycles. The first-order valence-corrected chi connectivity index (χ1v) is 9.58. The van der Waals surface area contributed by atoms with Gasteiger partial charge in [-0.15, -0.1) is 11.6 Å². The first-order chi connectivity index (χ1) is 12.1. The quantitative estimate of drug-likeness (QED) is 0.505.